The molecule has 0 bridgehead atoms. The number of imidazole rings is 1. The van der Waals surface area contributed by atoms with E-state index in [-0.39, 0.29) is 21.8 Å². The van der Waals surface area contributed by atoms with E-state index in [1.165, 1.54) is 27.4 Å². The molecule has 4 heteroatoms. The number of hydrogen-bond acceptors (Lipinski definition) is 1. The number of aromatic nitrogens is 2. The molecule has 0 fully saturated rings. The molecular weight excluding hydrogens is 583 g/mol. The second kappa shape index (κ2) is 14.6. The third kappa shape index (κ3) is 8.12. The number of nitrogens with zero attached hydrogens (tertiary/aromatic N) is 2. The zero-order chi connectivity index (χ0) is 33.5. The highest BCUT2D eigenvalue weighted by atomic mass is 28.2. The van der Waals surface area contributed by atoms with Crippen LogP contribution in [0.4, 0.5) is 0 Å². The summed E-state index contributed by atoms with van der Waals surface area (Å²) in [6.45, 7) is 13.7. The third-order valence-corrected chi connectivity index (χ3v) is 10.4. The average molecular weight is 629 g/mol. The molecule has 0 N–H and O–H groups in total. The molecule has 6 aromatic rings. The van der Waals surface area contributed by atoms with Gasteiger partial charge >= 0.3 is 0 Å². The lowest BCUT2D eigenvalue weighted by Crippen LogP contribution is -2.47. The van der Waals surface area contributed by atoms with Crippen molar-refractivity contribution in [3.05, 3.63) is 192 Å². The van der Waals surface area contributed by atoms with Crippen LogP contribution < -0.4 is 5.19 Å². The van der Waals surface area contributed by atoms with Gasteiger partial charge in [-0.15, -0.1) is 0 Å². The Morgan fingerprint density at radius 2 is 0.979 bits per heavy atom. The topological polar surface area (TPSA) is 17.8 Å². The summed E-state index contributed by atoms with van der Waals surface area (Å²) in [5.74, 6) is -0.0163. The molecule has 0 aliphatic heterocycles. The number of rotatable bonds is 7. The van der Waals surface area contributed by atoms with Gasteiger partial charge in [-0.3, -0.25) is 0 Å². The van der Waals surface area contributed by atoms with E-state index in [1.54, 1.807) is 0 Å². The number of hydrogen-bond donors (Lipinski definition) is 0. The van der Waals surface area contributed by atoms with E-state index in [2.05, 4.69) is 160 Å². The SMILES string of the molecule is CC(C)(C)c1cccc(C([Si]c2ccccc2)(c2cccc(C(C)(C)C)c2)n2ccnc2)c1.[B]C(c1ccccc1)c1ccccc1. The lowest BCUT2D eigenvalue weighted by atomic mass is 9.76. The minimum atomic E-state index is -0.389. The van der Waals surface area contributed by atoms with Crippen LogP contribution >= 0.6 is 0 Å². The van der Waals surface area contributed by atoms with Gasteiger partial charge in [0, 0.05) is 12.4 Å². The highest BCUT2D eigenvalue weighted by molar-refractivity contribution is 6.57. The van der Waals surface area contributed by atoms with Crippen LogP contribution in [0.1, 0.15) is 80.7 Å². The molecule has 0 atom stereocenters. The maximum absolute atomic E-state index is 6.12. The third-order valence-electron chi connectivity index (χ3n) is 8.60. The van der Waals surface area contributed by atoms with Gasteiger partial charge in [0.2, 0.25) is 0 Å². The quantitative estimate of drug-likeness (QED) is 0.161. The minimum Gasteiger partial charge on any atom is -0.326 e. The largest absolute Gasteiger partial charge is 0.326 e. The molecule has 0 amide bonds. The summed E-state index contributed by atoms with van der Waals surface area (Å²) >= 11 is 0. The fourth-order valence-corrected chi connectivity index (χ4v) is 7.43. The van der Waals surface area contributed by atoms with Crippen LogP contribution in [0.15, 0.2) is 158 Å². The summed E-state index contributed by atoms with van der Waals surface area (Å²) in [6, 6.07) is 49.4. The van der Waals surface area contributed by atoms with Crippen LogP contribution in [-0.2, 0) is 16.0 Å². The van der Waals surface area contributed by atoms with Gasteiger partial charge < -0.3 is 4.57 Å². The maximum Gasteiger partial charge on any atom is 0.127 e. The first-order valence-electron chi connectivity index (χ1n) is 16.4. The Labute approximate surface area is 286 Å². The van der Waals surface area contributed by atoms with Gasteiger partial charge in [-0.25, -0.2) is 4.98 Å². The van der Waals surface area contributed by atoms with E-state index in [9.17, 15) is 0 Å². The lowest BCUT2D eigenvalue weighted by Gasteiger charge is -2.38. The average Bonchev–Trinajstić information content (AvgIpc) is 3.63. The van der Waals surface area contributed by atoms with E-state index in [0.29, 0.717) is 9.52 Å². The van der Waals surface area contributed by atoms with Crippen molar-refractivity contribution in [3.63, 3.8) is 0 Å². The van der Waals surface area contributed by atoms with Crippen molar-refractivity contribution in [1.29, 1.82) is 0 Å². The lowest BCUT2D eigenvalue weighted by molar-refractivity contribution is 0.565. The molecule has 6 rings (SSSR count). The summed E-state index contributed by atoms with van der Waals surface area (Å²) in [4.78, 5) is 4.49. The van der Waals surface area contributed by atoms with Crippen molar-refractivity contribution >= 4 is 22.6 Å². The van der Waals surface area contributed by atoms with Crippen LogP contribution in [-0.4, -0.2) is 26.9 Å². The van der Waals surface area contributed by atoms with Crippen molar-refractivity contribution in [3.8, 4) is 0 Å². The predicted octanol–water partition coefficient (Wildman–Crippen LogP) is 9.20. The Morgan fingerprint density at radius 3 is 1.38 bits per heavy atom. The summed E-state index contributed by atoms with van der Waals surface area (Å²) < 4.78 is 2.31. The standard InChI is InChI=1S/C30H34N2Si.C13H11B/c1-28(2,3)23-12-10-14-25(20-23)30(32-19-18-31-22-32,33-27-16-8-7-9-17-27)26-15-11-13-24(21-26)29(4,5)6;14-13(11-7-3-1-4-8-11)12-9-5-2-6-10-12/h7-22H,1-6H3;1-10,13H. The highest BCUT2D eigenvalue weighted by Gasteiger charge is 2.38. The molecule has 47 heavy (non-hydrogen) atoms. The molecule has 0 unspecified atom stereocenters. The smallest absolute Gasteiger partial charge is 0.127 e. The van der Waals surface area contributed by atoms with E-state index in [4.69, 9.17) is 7.85 Å². The first kappa shape index (κ1) is 33.9. The molecule has 0 aliphatic carbocycles. The van der Waals surface area contributed by atoms with Crippen molar-refractivity contribution in [2.75, 3.05) is 0 Å². The molecule has 234 valence electrons. The Hall–Kier alpha value is -4.41. The fraction of sp³-hybridized carbons (Fsp3) is 0.233. The molecule has 5 aromatic carbocycles. The monoisotopic (exact) mass is 628 g/mol. The normalized spacial score (nSPS) is 12.0. The van der Waals surface area contributed by atoms with E-state index in [0.717, 1.165) is 11.1 Å². The molecule has 1 heterocycles. The molecule has 0 spiro atoms. The van der Waals surface area contributed by atoms with E-state index >= 15 is 0 Å². The summed E-state index contributed by atoms with van der Waals surface area (Å²) in [5.41, 5.74) is 7.71. The van der Waals surface area contributed by atoms with Gasteiger partial charge in [-0.05, 0) is 50.0 Å². The highest BCUT2D eigenvalue weighted by Crippen LogP contribution is 2.37. The van der Waals surface area contributed by atoms with Crippen LogP contribution in [0.5, 0.6) is 0 Å². The minimum absolute atomic E-state index is 0.0163. The van der Waals surface area contributed by atoms with E-state index < -0.39 is 0 Å². The molecule has 0 saturated heterocycles. The Morgan fingerprint density at radius 1 is 0.553 bits per heavy atom. The Balaban J connectivity index is 0.000000257. The predicted molar refractivity (Wildman–Crippen MR) is 201 cm³/mol. The Bertz CT molecular complexity index is 1720. The second-order valence-electron chi connectivity index (χ2n) is 14.1. The van der Waals surface area contributed by atoms with Gasteiger partial charge in [0.1, 0.15) is 9.52 Å². The van der Waals surface area contributed by atoms with E-state index in [1.807, 2.05) is 48.9 Å². The zero-order valence-corrected chi connectivity index (χ0v) is 29.6. The van der Waals surface area contributed by atoms with Gasteiger partial charge in [0.25, 0.3) is 0 Å². The molecule has 0 aliphatic rings. The molecule has 0 saturated carbocycles. The summed E-state index contributed by atoms with van der Waals surface area (Å²) in [6.07, 6.45) is 5.98. The van der Waals surface area contributed by atoms with Crippen LogP contribution in [0, 0.1) is 0 Å². The zero-order valence-electron chi connectivity index (χ0n) is 28.6. The van der Waals surface area contributed by atoms with Gasteiger partial charge in [-0.1, -0.05) is 186 Å². The summed E-state index contributed by atoms with van der Waals surface area (Å²) in [5, 5.41) is 0.939. The Kier molecular flexibility index (Phi) is 10.5. The second-order valence-corrected chi connectivity index (χ2v) is 15.7. The van der Waals surface area contributed by atoms with Crippen LogP contribution in [0.3, 0.4) is 0 Å². The maximum atomic E-state index is 6.12. The summed E-state index contributed by atoms with van der Waals surface area (Å²) in [7, 11) is 6.61. The number of benzene rings is 5. The van der Waals surface area contributed by atoms with Crippen molar-refractivity contribution in [2.24, 2.45) is 0 Å². The molecule has 4 radical (unpaired) electrons. The fourth-order valence-electron chi connectivity index (χ4n) is 5.80. The van der Waals surface area contributed by atoms with Gasteiger partial charge in [0.15, 0.2) is 0 Å². The van der Waals surface area contributed by atoms with Crippen LogP contribution in [0.25, 0.3) is 0 Å². The van der Waals surface area contributed by atoms with Gasteiger partial charge in [-0.2, -0.15) is 0 Å². The molecular formula is C43H45BN2Si. The van der Waals surface area contributed by atoms with Crippen molar-refractivity contribution < 1.29 is 0 Å². The molecule has 1 aromatic heterocycles. The molecule has 2 nitrogen and oxygen atoms in total. The first-order chi connectivity index (χ1) is 22.5. The van der Waals surface area contributed by atoms with Crippen molar-refractivity contribution in [2.45, 2.75) is 63.4 Å². The van der Waals surface area contributed by atoms with Gasteiger partial charge in [0.05, 0.1) is 19.3 Å². The first-order valence-corrected chi connectivity index (χ1v) is 17.4. The van der Waals surface area contributed by atoms with Crippen LogP contribution in [0.2, 0.25) is 0 Å². The van der Waals surface area contributed by atoms with Crippen molar-refractivity contribution in [1.82, 2.24) is 9.55 Å².